The maximum Gasteiger partial charge on any atom is 0.178 e. The van der Waals surface area contributed by atoms with Crippen LogP contribution in [-0.4, -0.2) is 25.9 Å². The molecule has 5 nitrogen and oxygen atoms in total. The highest BCUT2D eigenvalue weighted by atomic mass is 35.5. The highest BCUT2D eigenvalue weighted by Gasteiger charge is 2.38. The molecule has 0 radical (unpaired) electrons. The number of halogens is 1. The predicted octanol–water partition coefficient (Wildman–Crippen LogP) is 3.05. The third-order valence-electron chi connectivity index (χ3n) is 3.84. The summed E-state index contributed by atoms with van der Waals surface area (Å²) in [6, 6.07) is 12.4. The van der Waals surface area contributed by atoms with Gasteiger partial charge in [-0.2, -0.15) is 4.52 Å². The molecule has 2 unspecified atom stereocenters. The summed E-state index contributed by atoms with van der Waals surface area (Å²) in [5, 5.41) is 16.8. The second-order valence-electron chi connectivity index (χ2n) is 5.38. The van der Waals surface area contributed by atoms with Crippen molar-refractivity contribution in [3.63, 3.8) is 0 Å². The molecule has 4 rings (SSSR count). The fraction of sp³-hybridized carbons (Fsp3) is 0.267. The Morgan fingerprint density at radius 2 is 1.95 bits per heavy atom. The van der Waals surface area contributed by atoms with Crippen molar-refractivity contribution in [2.24, 2.45) is 0 Å². The van der Waals surface area contributed by atoms with Crippen LogP contribution in [0.3, 0.4) is 0 Å². The number of rotatable bonds is 3. The zero-order chi connectivity index (χ0) is 14.4. The highest BCUT2D eigenvalue weighted by Crippen LogP contribution is 2.42. The molecule has 0 saturated heterocycles. The van der Waals surface area contributed by atoms with Gasteiger partial charge in [-0.3, -0.25) is 0 Å². The van der Waals surface area contributed by atoms with Crippen LogP contribution in [0.15, 0.2) is 36.4 Å². The summed E-state index contributed by atoms with van der Waals surface area (Å²) in [5.74, 6) is 2.17. The maximum absolute atomic E-state index is 5.92. The summed E-state index contributed by atoms with van der Waals surface area (Å²) in [6.45, 7) is 1.89. The SMILES string of the molecule is Cc1nnc2ccc(NC3CC3c3ccc(Cl)cc3)nn12. The quantitative estimate of drug-likeness (QED) is 0.807. The van der Waals surface area contributed by atoms with E-state index in [9.17, 15) is 0 Å². The Bertz CT molecular complexity index is 795. The van der Waals surface area contributed by atoms with E-state index in [0.29, 0.717) is 12.0 Å². The van der Waals surface area contributed by atoms with E-state index < -0.39 is 0 Å². The van der Waals surface area contributed by atoms with Crippen molar-refractivity contribution in [2.75, 3.05) is 5.32 Å². The van der Waals surface area contributed by atoms with Gasteiger partial charge in [0.25, 0.3) is 0 Å². The Kier molecular flexibility index (Phi) is 2.82. The first-order valence-electron chi connectivity index (χ1n) is 6.92. The summed E-state index contributed by atoms with van der Waals surface area (Å²) in [6.07, 6.45) is 1.11. The van der Waals surface area contributed by atoms with E-state index in [1.54, 1.807) is 4.52 Å². The number of aryl methyl sites for hydroxylation is 1. The van der Waals surface area contributed by atoms with Crippen LogP contribution < -0.4 is 5.32 Å². The number of benzene rings is 1. The van der Waals surface area contributed by atoms with Gasteiger partial charge in [-0.05, 0) is 43.2 Å². The highest BCUT2D eigenvalue weighted by molar-refractivity contribution is 6.30. The molecule has 1 saturated carbocycles. The molecule has 1 aliphatic carbocycles. The van der Waals surface area contributed by atoms with E-state index in [0.717, 1.165) is 28.7 Å². The molecule has 21 heavy (non-hydrogen) atoms. The van der Waals surface area contributed by atoms with Gasteiger partial charge >= 0.3 is 0 Å². The number of aromatic nitrogens is 4. The minimum Gasteiger partial charge on any atom is -0.365 e. The van der Waals surface area contributed by atoms with Gasteiger partial charge in [0.1, 0.15) is 5.82 Å². The molecule has 6 heteroatoms. The van der Waals surface area contributed by atoms with E-state index in [1.807, 2.05) is 31.2 Å². The number of nitrogens with zero attached hydrogens (tertiary/aromatic N) is 4. The van der Waals surface area contributed by atoms with Gasteiger partial charge < -0.3 is 5.32 Å². The average Bonchev–Trinajstić information content (AvgIpc) is 3.16. The molecule has 3 aromatic rings. The predicted molar refractivity (Wildman–Crippen MR) is 81.7 cm³/mol. The molecule has 0 bridgehead atoms. The monoisotopic (exact) mass is 299 g/mol. The van der Waals surface area contributed by atoms with Gasteiger partial charge in [-0.15, -0.1) is 15.3 Å². The standard InChI is InChI=1S/C15H14ClN5/c1-9-18-19-15-7-6-14(20-21(9)15)17-13-8-12(13)10-2-4-11(16)5-3-10/h2-7,12-13H,8H2,1H3,(H,17,20). The molecule has 0 spiro atoms. The number of nitrogens with one attached hydrogen (secondary N) is 1. The van der Waals surface area contributed by atoms with Crippen molar-refractivity contribution in [2.45, 2.75) is 25.3 Å². The normalized spacial score (nSPS) is 20.7. The van der Waals surface area contributed by atoms with Crippen LogP contribution in [0.25, 0.3) is 5.65 Å². The fourth-order valence-electron chi connectivity index (χ4n) is 2.60. The number of hydrogen-bond donors (Lipinski definition) is 1. The lowest BCUT2D eigenvalue weighted by atomic mass is 10.1. The third-order valence-corrected chi connectivity index (χ3v) is 4.09. The summed E-state index contributed by atoms with van der Waals surface area (Å²) in [7, 11) is 0. The molecular weight excluding hydrogens is 286 g/mol. The van der Waals surface area contributed by atoms with Gasteiger partial charge in [0.05, 0.1) is 0 Å². The molecule has 2 heterocycles. The van der Waals surface area contributed by atoms with Crippen molar-refractivity contribution in [3.05, 3.63) is 52.8 Å². The lowest BCUT2D eigenvalue weighted by Crippen LogP contribution is -2.08. The fourth-order valence-corrected chi connectivity index (χ4v) is 2.72. The summed E-state index contributed by atoms with van der Waals surface area (Å²) >= 11 is 5.92. The van der Waals surface area contributed by atoms with E-state index in [1.165, 1.54) is 5.56 Å². The van der Waals surface area contributed by atoms with Crippen LogP contribution >= 0.6 is 11.6 Å². The lowest BCUT2D eigenvalue weighted by molar-refractivity contribution is 0.868. The van der Waals surface area contributed by atoms with E-state index in [2.05, 4.69) is 32.7 Å². The Labute approximate surface area is 127 Å². The molecule has 1 aliphatic rings. The van der Waals surface area contributed by atoms with Crippen LogP contribution in [0.4, 0.5) is 5.82 Å². The Hall–Kier alpha value is -2.14. The number of anilines is 1. The Morgan fingerprint density at radius 3 is 2.76 bits per heavy atom. The largest absolute Gasteiger partial charge is 0.365 e. The van der Waals surface area contributed by atoms with Gasteiger partial charge in [0.15, 0.2) is 11.5 Å². The average molecular weight is 300 g/mol. The molecule has 0 aliphatic heterocycles. The first-order chi connectivity index (χ1) is 10.2. The van der Waals surface area contributed by atoms with Crippen LogP contribution in [-0.2, 0) is 0 Å². The number of fused-ring (bicyclic) bond motifs is 1. The number of hydrogen-bond acceptors (Lipinski definition) is 4. The zero-order valence-corrected chi connectivity index (χ0v) is 12.2. The Balaban J connectivity index is 1.51. The zero-order valence-electron chi connectivity index (χ0n) is 11.5. The van der Waals surface area contributed by atoms with Crippen LogP contribution in [0.2, 0.25) is 5.02 Å². The summed E-state index contributed by atoms with van der Waals surface area (Å²) in [5.41, 5.74) is 2.08. The summed E-state index contributed by atoms with van der Waals surface area (Å²) < 4.78 is 1.75. The van der Waals surface area contributed by atoms with Gasteiger partial charge in [0, 0.05) is 17.0 Å². The van der Waals surface area contributed by atoms with Crippen LogP contribution in [0.5, 0.6) is 0 Å². The van der Waals surface area contributed by atoms with E-state index in [4.69, 9.17) is 11.6 Å². The van der Waals surface area contributed by atoms with Crippen molar-refractivity contribution < 1.29 is 0 Å². The minimum absolute atomic E-state index is 0.424. The van der Waals surface area contributed by atoms with E-state index >= 15 is 0 Å². The molecule has 2 atom stereocenters. The van der Waals surface area contributed by atoms with Gasteiger partial charge in [-0.25, -0.2) is 0 Å². The van der Waals surface area contributed by atoms with Crippen LogP contribution in [0, 0.1) is 6.92 Å². The minimum atomic E-state index is 0.424. The molecular formula is C15H14ClN5. The van der Waals surface area contributed by atoms with Crippen molar-refractivity contribution in [3.8, 4) is 0 Å². The molecule has 2 aromatic heterocycles. The van der Waals surface area contributed by atoms with Gasteiger partial charge in [-0.1, -0.05) is 23.7 Å². The Morgan fingerprint density at radius 1 is 1.14 bits per heavy atom. The third kappa shape index (κ3) is 2.34. The first kappa shape index (κ1) is 12.6. The summed E-state index contributed by atoms with van der Waals surface area (Å²) in [4.78, 5) is 0. The van der Waals surface area contributed by atoms with Crippen LogP contribution in [0.1, 0.15) is 23.7 Å². The second-order valence-corrected chi connectivity index (χ2v) is 5.82. The smallest absolute Gasteiger partial charge is 0.178 e. The first-order valence-corrected chi connectivity index (χ1v) is 7.29. The second kappa shape index (κ2) is 4.70. The van der Waals surface area contributed by atoms with Crippen molar-refractivity contribution >= 4 is 23.1 Å². The molecule has 1 aromatic carbocycles. The van der Waals surface area contributed by atoms with Crippen molar-refractivity contribution in [1.29, 1.82) is 0 Å². The molecule has 1 fully saturated rings. The van der Waals surface area contributed by atoms with Gasteiger partial charge in [0.2, 0.25) is 0 Å². The molecule has 106 valence electrons. The molecule has 0 amide bonds. The topological polar surface area (TPSA) is 55.1 Å². The van der Waals surface area contributed by atoms with E-state index in [-0.39, 0.29) is 0 Å². The van der Waals surface area contributed by atoms with Crippen molar-refractivity contribution in [1.82, 2.24) is 19.8 Å². The lowest BCUT2D eigenvalue weighted by Gasteiger charge is -2.06. The molecule has 1 N–H and O–H groups in total. The maximum atomic E-state index is 5.92.